The van der Waals surface area contributed by atoms with E-state index in [-0.39, 0.29) is 0 Å². The van der Waals surface area contributed by atoms with Gasteiger partial charge in [0.2, 0.25) is 0 Å². The molecular weight excluding hydrogens is 372 g/mol. The summed E-state index contributed by atoms with van der Waals surface area (Å²) in [6.07, 6.45) is -1.07. The third-order valence-electron chi connectivity index (χ3n) is 4.80. The summed E-state index contributed by atoms with van der Waals surface area (Å²) in [6, 6.07) is 19.3. The van der Waals surface area contributed by atoms with Gasteiger partial charge in [-0.25, -0.2) is 18.7 Å². The van der Waals surface area contributed by atoms with Crippen LogP contribution >= 0.6 is 0 Å². The summed E-state index contributed by atoms with van der Waals surface area (Å²) in [7, 11) is 1.87. The molecule has 0 spiro atoms. The Kier molecular flexibility index (Phi) is 5.46. The van der Waals surface area contributed by atoms with Crippen LogP contribution in [0.2, 0.25) is 0 Å². The van der Waals surface area contributed by atoms with Crippen LogP contribution in [0.5, 0.6) is 0 Å². The van der Waals surface area contributed by atoms with E-state index < -0.39 is 12.2 Å². The van der Waals surface area contributed by atoms with Gasteiger partial charge in [0.05, 0.1) is 11.2 Å². The molecule has 4 rings (SSSR count). The van der Waals surface area contributed by atoms with E-state index >= 15 is 0 Å². The number of hydrogen-bond acceptors (Lipinski definition) is 4. The van der Waals surface area contributed by atoms with Gasteiger partial charge >= 0.3 is 0 Å². The van der Waals surface area contributed by atoms with Crippen LogP contribution in [0.4, 0.5) is 14.6 Å². The Morgan fingerprint density at radius 1 is 1.00 bits per heavy atom. The van der Waals surface area contributed by atoms with Crippen LogP contribution in [0.15, 0.2) is 60.7 Å². The summed E-state index contributed by atoms with van der Waals surface area (Å²) in [5.74, 6) is 0.0899. The number of fused-ring (bicyclic) bond motifs is 1. The molecule has 0 bridgehead atoms. The first-order chi connectivity index (χ1) is 14.1. The molecule has 2 aromatic heterocycles. The van der Waals surface area contributed by atoms with Gasteiger partial charge in [0, 0.05) is 30.2 Å². The lowest BCUT2D eigenvalue weighted by Crippen LogP contribution is -2.21. The molecule has 0 amide bonds. The number of rotatable bonds is 7. The highest BCUT2D eigenvalue weighted by molar-refractivity contribution is 5.89. The number of aryl methyl sites for hydroxylation is 1. The Morgan fingerprint density at radius 3 is 2.55 bits per heavy atom. The highest BCUT2D eigenvalue weighted by atomic mass is 19.3. The maximum atomic E-state index is 13.2. The van der Waals surface area contributed by atoms with E-state index in [0.29, 0.717) is 17.9 Å². The van der Waals surface area contributed by atoms with E-state index in [0.717, 1.165) is 35.2 Å². The molecule has 0 aliphatic carbocycles. The first-order valence-corrected chi connectivity index (χ1v) is 9.47. The third-order valence-corrected chi connectivity index (χ3v) is 4.80. The summed E-state index contributed by atoms with van der Waals surface area (Å²) < 4.78 is 26.4. The average molecular weight is 393 g/mol. The van der Waals surface area contributed by atoms with E-state index in [1.54, 1.807) is 12.1 Å². The lowest BCUT2D eigenvalue weighted by Gasteiger charge is -2.20. The second kappa shape index (κ2) is 8.34. The van der Waals surface area contributed by atoms with Crippen molar-refractivity contribution in [2.45, 2.75) is 19.3 Å². The minimum atomic E-state index is -2.70. The number of aromatic amines is 1. The Labute approximate surface area is 167 Å². The largest absolute Gasteiger partial charge is 0.359 e. The van der Waals surface area contributed by atoms with Crippen LogP contribution in [-0.2, 0) is 6.42 Å². The standard InChI is InChI=1S/C22H21F2N5/c1-29(22-17-11-5-6-12-18(17)25-21(26-22)20(23)24)13-7-10-16-14-19(28-27-16)15-8-3-2-4-9-15/h2-6,8-9,11-12,14,20H,7,10,13H2,1H3,(H,27,28). The molecule has 0 aliphatic heterocycles. The molecule has 0 unspecified atom stereocenters. The number of benzene rings is 2. The van der Waals surface area contributed by atoms with Crippen LogP contribution in [0, 0.1) is 0 Å². The first-order valence-electron chi connectivity index (χ1n) is 9.47. The van der Waals surface area contributed by atoms with Crippen molar-refractivity contribution in [2.24, 2.45) is 0 Å². The van der Waals surface area contributed by atoms with E-state index in [1.807, 2.05) is 60.5 Å². The number of anilines is 1. The molecule has 148 valence electrons. The molecule has 2 aromatic carbocycles. The van der Waals surface area contributed by atoms with Gasteiger partial charge < -0.3 is 4.90 Å². The molecule has 0 radical (unpaired) electrons. The van der Waals surface area contributed by atoms with Crippen LogP contribution in [0.25, 0.3) is 22.2 Å². The Hall–Kier alpha value is -3.35. The van der Waals surface area contributed by atoms with Crippen molar-refractivity contribution in [3.8, 4) is 11.3 Å². The predicted molar refractivity (Wildman–Crippen MR) is 110 cm³/mol. The van der Waals surface area contributed by atoms with E-state index in [1.165, 1.54) is 0 Å². The Morgan fingerprint density at radius 2 is 1.76 bits per heavy atom. The van der Waals surface area contributed by atoms with Gasteiger partial charge in [-0.3, -0.25) is 5.10 Å². The average Bonchev–Trinajstić information content (AvgIpc) is 3.22. The summed E-state index contributed by atoms with van der Waals surface area (Å²) >= 11 is 0. The number of nitrogens with zero attached hydrogens (tertiary/aromatic N) is 4. The second-order valence-electron chi connectivity index (χ2n) is 6.89. The van der Waals surface area contributed by atoms with E-state index in [2.05, 4.69) is 20.2 Å². The molecule has 29 heavy (non-hydrogen) atoms. The van der Waals surface area contributed by atoms with Gasteiger partial charge in [0.25, 0.3) is 6.43 Å². The van der Waals surface area contributed by atoms with Gasteiger partial charge in [-0.15, -0.1) is 0 Å². The molecule has 2 heterocycles. The molecule has 0 saturated heterocycles. The zero-order valence-electron chi connectivity index (χ0n) is 16.0. The van der Waals surface area contributed by atoms with Crippen molar-refractivity contribution in [3.05, 3.63) is 72.2 Å². The van der Waals surface area contributed by atoms with Crippen molar-refractivity contribution in [1.29, 1.82) is 0 Å². The van der Waals surface area contributed by atoms with Gasteiger partial charge in [0.15, 0.2) is 5.82 Å². The Balaban J connectivity index is 1.45. The number of alkyl halides is 2. The zero-order chi connectivity index (χ0) is 20.2. The van der Waals surface area contributed by atoms with Crippen molar-refractivity contribution >= 4 is 16.7 Å². The van der Waals surface area contributed by atoms with E-state index in [4.69, 9.17) is 0 Å². The number of halogens is 2. The fourth-order valence-corrected chi connectivity index (χ4v) is 3.32. The minimum absolute atomic E-state index is 0.438. The highest BCUT2D eigenvalue weighted by Crippen LogP contribution is 2.26. The van der Waals surface area contributed by atoms with Crippen molar-refractivity contribution < 1.29 is 8.78 Å². The summed E-state index contributed by atoms with van der Waals surface area (Å²) in [6.45, 7) is 0.670. The summed E-state index contributed by atoms with van der Waals surface area (Å²) in [4.78, 5) is 10.00. The van der Waals surface area contributed by atoms with Gasteiger partial charge in [-0.2, -0.15) is 5.10 Å². The fraction of sp³-hybridized carbons (Fsp3) is 0.227. The molecule has 0 fully saturated rings. The smallest absolute Gasteiger partial charge is 0.297 e. The van der Waals surface area contributed by atoms with Gasteiger partial charge in [0.1, 0.15) is 5.82 Å². The summed E-state index contributed by atoms with van der Waals surface area (Å²) in [5.41, 5.74) is 3.55. The minimum Gasteiger partial charge on any atom is -0.359 e. The quantitative estimate of drug-likeness (QED) is 0.479. The van der Waals surface area contributed by atoms with Crippen LogP contribution in [-0.4, -0.2) is 33.8 Å². The molecule has 1 N–H and O–H groups in total. The predicted octanol–water partition coefficient (Wildman–Crippen LogP) is 5.03. The normalized spacial score (nSPS) is 11.3. The maximum Gasteiger partial charge on any atom is 0.297 e. The van der Waals surface area contributed by atoms with Crippen molar-refractivity contribution in [1.82, 2.24) is 20.2 Å². The molecule has 0 atom stereocenters. The van der Waals surface area contributed by atoms with E-state index in [9.17, 15) is 8.78 Å². The molecule has 7 heteroatoms. The number of para-hydroxylation sites is 1. The summed E-state index contributed by atoms with van der Waals surface area (Å²) in [5, 5.41) is 8.22. The van der Waals surface area contributed by atoms with Crippen molar-refractivity contribution in [3.63, 3.8) is 0 Å². The topological polar surface area (TPSA) is 57.7 Å². The van der Waals surface area contributed by atoms with Gasteiger partial charge in [-0.1, -0.05) is 42.5 Å². The molecular formula is C22H21F2N5. The molecule has 4 aromatic rings. The molecule has 0 saturated carbocycles. The lowest BCUT2D eigenvalue weighted by molar-refractivity contribution is 0.141. The number of hydrogen-bond donors (Lipinski definition) is 1. The van der Waals surface area contributed by atoms with Crippen LogP contribution < -0.4 is 4.90 Å². The molecule has 5 nitrogen and oxygen atoms in total. The van der Waals surface area contributed by atoms with Crippen LogP contribution in [0.3, 0.4) is 0 Å². The lowest BCUT2D eigenvalue weighted by atomic mass is 10.1. The number of nitrogens with one attached hydrogen (secondary N) is 1. The highest BCUT2D eigenvalue weighted by Gasteiger charge is 2.17. The maximum absolute atomic E-state index is 13.2. The molecule has 0 aliphatic rings. The fourth-order valence-electron chi connectivity index (χ4n) is 3.32. The number of H-pyrrole nitrogens is 1. The van der Waals surface area contributed by atoms with Crippen molar-refractivity contribution in [2.75, 3.05) is 18.5 Å². The SMILES string of the molecule is CN(CCCc1cc(-c2ccccc2)n[nH]1)c1nc(C(F)F)nc2ccccc12. The Bertz CT molecular complexity index is 1090. The second-order valence-corrected chi connectivity index (χ2v) is 6.89. The monoisotopic (exact) mass is 393 g/mol. The third kappa shape index (κ3) is 4.23. The number of aromatic nitrogens is 4. The zero-order valence-corrected chi connectivity index (χ0v) is 16.0. The van der Waals surface area contributed by atoms with Gasteiger partial charge in [-0.05, 0) is 31.0 Å². The first kappa shape index (κ1) is 19.0. The van der Waals surface area contributed by atoms with Crippen LogP contribution in [0.1, 0.15) is 24.4 Å².